The summed E-state index contributed by atoms with van der Waals surface area (Å²) in [5.41, 5.74) is 2.64. The Morgan fingerprint density at radius 1 is 1.13 bits per heavy atom. The number of methoxy groups -OCH3 is 1. The number of hydrogen-bond donors (Lipinski definition) is 2. The number of nitrogens with one attached hydrogen (secondary N) is 2. The highest BCUT2D eigenvalue weighted by atomic mass is 16.7. The number of amides is 2. The predicted molar refractivity (Wildman–Crippen MR) is 111 cm³/mol. The summed E-state index contributed by atoms with van der Waals surface area (Å²) in [7, 11) is 1.55. The van der Waals surface area contributed by atoms with Gasteiger partial charge in [0.15, 0.2) is 11.5 Å². The first kappa shape index (κ1) is 19.0. The highest BCUT2D eigenvalue weighted by Gasteiger charge is 2.28. The molecule has 0 spiro atoms. The molecule has 0 fully saturated rings. The number of carbonyl (C=O) groups excluding carboxylic acids is 2. The van der Waals surface area contributed by atoms with Gasteiger partial charge in [-0.05, 0) is 36.4 Å². The number of carbonyl (C=O) groups is 2. The molecule has 0 bridgehead atoms. The number of benzene rings is 2. The van der Waals surface area contributed by atoms with E-state index in [1.807, 2.05) is 0 Å². The number of nitrogens with zero attached hydrogens (tertiary/aromatic N) is 2. The minimum absolute atomic E-state index is 0.116. The van der Waals surface area contributed by atoms with Gasteiger partial charge >= 0.3 is 0 Å². The zero-order valence-electron chi connectivity index (χ0n) is 16.8. The van der Waals surface area contributed by atoms with E-state index in [4.69, 9.17) is 14.2 Å². The van der Waals surface area contributed by atoms with Gasteiger partial charge in [-0.25, -0.2) is 0 Å². The van der Waals surface area contributed by atoms with Crippen molar-refractivity contribution in [3.8, 4) is 17.2 Å². The lowest BCUT2D eigenvalue weighted by atomic mass is 10.1. The first-order valence-electron chi connectivity index (χ1n) is 9.83. The lowest BCUT2D eigenvalue weighted by molar-refractivity contribution is 0.0734. The Kier molecular flexibility index (Phi) is 4.70. The molecule has 2 aliphatic rings. The van der Waals surface area contributed by atoms with Crippen LogP contribution in [0.3, 0.4) is 0 Å². The molecule has 1 aromatic heterocycles. The number of hydrogen-bond acceptors (Lipinski definition) is 6. The highest BCUT2D eigenvalue weighted by Crippen LogP contribution is 2.33. The van der Waals surface area contributed by atoms with Gasteiger partial charge in [0.1, 0.15) is 11.6 Å². The van der Waals surface area contributed by atoms with E-state index in [9.17, 15) is 9.59 Å². The summed E-state index contributed by atoms with van der Waals surface area (Å²) in [5, 5.41) is 10.1. The third kappa shape index (κ3) is 3.54. The van der Waals surface area contributed by atoms with Crippen molar-refractivity contribution in [3.63, 3.8) is 0 Å². The maximum atomic E-state index is 13.1. The van der Waals surface area contributed by atoms with Crippen molar-refractivity contribution < 1.29 is 23.8 Å². The Balaban J connectivity index is 1.33. The fraction of sp³-hybridized carbons (Fsp3) is 0.227. The number of rotatable bonds is 4. The van der Waals surface area contributed by atoms with Gasteiger partial charge in [-0.1, -0.05) is 6.07 Å². The maximum Gasteiger partial charge on any atom is 0.256 e. The van der Waals surface area contributed by atoms with Gasteiger partial charge in [-0.2, -0.15) is 5.10 Å². The zero-order chi connectivity index (χ0) is 21.4. The summed E-state index contributed by atoms with van der Waals surface area (Å²) in [5.74, 6) is 1.89. The van der Waals surface area contributed by atoms with Crippen LogP contribution in [0.4, 0.5) is 5.82 Å². The maximum absolute atomic E-state index is 13.1. The Morgan fingerprint density at radius 3 is 2.87 bits per heavy atom. The summed E-state index contributed by atoms with van der Waals surface area (Å²) in [6, 6.07) is 12.1. The first-order valence-corrected chi connectivity index (χ1v) is 9.83. The third-order valence-electron chi connectivity index (χ3n) is 5.40. The molecule has 2 N–H and O–H groups in total. The monoisotopic (exact) mass is 420 g/mol. The Bertz CT molecular complexity index is 1170. The molecule has 2 aromatic carbocycles. The molecule has 3 heterocycles. The molecule has 0 saturated carbocycles. The van der Waals surface area contributed by atoms with E-state index in [-0.39, 0.29) is 18.6 Å². The largest absolute Gasteiger partial charge is 0.497 e. The van der Waals surface area contributed by atoms with Crippen LogP contribution in [0, 0.1) is 0 Å². The molecule has 0 aliphatic carbocycles. The molecule has 158 valence electrons. The molecule has 0 unspecified atom stereocenters. The van der Waals surface area contributed by atoms with Gasteiger partial charge in [-0.15, -0.1) is 0 Å². The average molecular weight is 420 g/mol. The Hall–Kier alpha value is -4.01. The number of H-pyrrole nitrogens is 1. The molecule has 0 saturated heterocycles. The lowest BCUT2D eigenvalue weighted by Gasteiger charge is -2.27. The smallest absolute Gasteiger partial charge is 0.256 e. The topological polar surface area (TPSA) is 106 Å². The second-order valence-electron chi connectivity index (χ2n) is 7.25. The van der Waals surface area contributed by atoms with Crippen LogP contribution < -0.4 is 19.5 Å². The molecule has 5 rings (SSSR count). The summed E-state index contributed by atoms with van der Waals surface area (Å²) in [6.45, 7) is 1.03. The number of aromatic nitrogens is 2. The van der Waals surface area contributed by atoms with Gasteiger partial charge in [0.2, 0.25) is 6.79 Å². The molecule has 2 aliphatic heterocycles. The normalized spacial score (nSPS) is 14.2. The van der Waals surface area contributed by atoms with Gasteiger partial charge in [0, 0.05) is 29.7 Å². The first-order chi connectivity index (χ1) is 15.1. The molecule has 9 nitrogen and oxygen atoms in total. The summed E-state index contributed by atoms with van der Waals surface area (Å²) >= 11 is 0. The van der Waals surface area contributed by atoms with E-state index in [0.717, 1.165) is 11.3 Å². The van der Waals surface area contributed by atoms with Gasteiger partial charge < -0.3 is 24.4 Å². The summed E-state index contributed by atoms with van der Waals surface area (Å²) < 4.78 is 15.9. The van der Waals surface area contributed by atoms with Gasteiger partial charge in [0.25, 0.3) is 11.8 Å². The van der Waals surface area contributed by atoms with Crippen molar-refractivity contribution in [1.82, 2.24) is 15.1 Å². The van der Waals surface area contributed by atoms with Crippen LogP contribution in [-0.2, 0) is 13.0 Å². The number of ether oxygens (including phenoxy) is 3. The van der Waals surface area contributed by atoms with Crippen molar-refractivity contribution >= 4 is 17.6 Å². The van der Waals surface area contributed by atoms with Crippen LogP contribution >= 0.6 is 0 Å². The quantitative estimate of drug-likeness (QED) is 0.672. The van der Waals surface area contributed by atoms with E-state index < -0.39 is 0 Å². The average Bonchev–Trinajstić information content (AvgIpc) is 3.44. The van der Waals surface area contributed by atoms with Crippen molar-refractivity contribution in [1.29, 1.82) is 0 Å². The Labute approximate surface area is 177 Å². The standard InChI is InChI=1S/C22H20N4O5/c1-29-15-4-2-3-13(9-15)21(27)23-20-16-11-26(8-7-17(16)24-25-20)22(28)14-5-6-18-19(10-14)31-12-30-18/h2-6,9-10H,7-8,11-12H2,1H3,(H2,23,24,25,27). The molecule has 31 heavy (non-hydrogen) atoms. The molecular formula is C22H20N4O5. The Morgan fingerprint density at radius 2 is 2.00 bits per heavy atom. The van der Waals surface area contributed by atoms with Crippen molar-refractivity contribution in [2.24, 2.45) is 0 Å². The summed E-state index contributed by atoms with van der Waals surface area (Å²) in [4.78, 5) is 27.5. The van der Waals surface area contributed by atoms with Crippen LogP contribution in [0.2, 0.25) is 0 Å². The van der Waals surface area contributed by atoms with E-state index in [1.165, 1.54) is 0 Å². The molecule has 3 aromatic rings. The van der Waals surface area contributed by atoms with Crippen LogP contribution in [0.5, 0.6) is 17.2 Å². The summed E-state index contributed by atoms with van der Waals surface area (Å²) in [6.07, 6.45) is 0.594. The fourth-order valence-electron chi connectivity index (χ4n) is 3.73. The van der Waals surface area contributed by atoms with Crippen LogP contribution in [0.1, 0.15) is 32.0 Å². The molecule has 2 amide bonds. The van der Waals surface area contributed by atoms with E-state index in [2.05, 4.69) is 15.5 Å². The van der Waals surface area contributed by atoms with E-state index in [1.54, 1.807) is 54.5 Å². The fourth-order valence-corrected chi connectivity index (χ4v) is 3.73. The van der Waals surface area contributed by atoms with Crippen molar-refractivity contribution in [2.75, 3.05) is 25.8 Å². The number of fused-ring (bicyclic) bond motifs is 2. The lowest BCUT2D eigenvalue weighted by Crippen LogP contribution is -2.36. The molecule has 9 heteroatoms. The van der Waals surface area contributed by atoms with Crippen LogP contribution in [0.25, 0.3) is 0 Å². The van der Waals surface area contributed by atoms with Crippen LogP contribution in [0.15, 0.2) is 42.5 Å². The van der Waals surface area contributed by atoms with E-state index in [0.29, 0.717) is 53.7 Å². The minimum Gasteiger partial charge on any atom is -0.497 e. The number of anilines is 1. The van der Waals surface area contributed by atoms with Crippen LogP contribution in [-0.4, -0.2) is 47.4 Å². The van der Waals surface area contributed by atoms with Crippen molar-refractivity contribution in [3.05, 3.63) is 64.8 Å². The van der Waals surface area contributed by atoms with Gasteiger partial charge in [0.05, 0.1) is 19.3 Å². The molecule has 0 atom stereocenters. The van der Waals surface area contributed by atoms with E-state index >= 15 is 0 Å². The SMILES string of the molecule is COc1cccc(C(=O)Nc2[nH]nc3c2CN(C(=O)c2ccc4c(c2)OCO4)CC3)c1. The second kappa shape index (κ2) is 7.67. The predicted octanol–water partition coefficient (Wildman–Crippen LogP) is 2.60. The number of aromatic amines is 1. The zero-order valence-corrected chi connectivity index (χ0v) is 16.8. The third-order valence-corrected chi connectivity index (χ3v) is 5.40. The second-order valence-corrected chi connectivity index (χ2v) is 7.25. The molecule has 0 radical (unpaired) electrons. The molecular weight excluding hydrogens is 400 g/mol. The highest BCUT2D eigenvalue weighted by molar-refractivity contribution is 6.04. The van der Waals surface area contributed by atoms with Gasteiger partial charge in [-0.3, -0.25) is 14.7 Å². The minimum atomic E-state index is -0.287. The van der Waals surface area contributed by atoms with Crippen molar-refractivity contribution in [2.45, 2.75) is 13.0 Å².